The van der Waals surface area contributed by atoms with Gasteiger partial charge in [0.05, 0.1) is 45.4 Å². The van der Waals surface area contributed by atoms with Gasteiger partial charge in [0.1, 0.15) is 5.15 Å². The Kier molecular flexibility index (Phi) is 7.11. The van der Waals surface area contributed by atoms with Gasteiger partial charge < -0.3 is 10.0 Å². The first-order chi connectivity index (χ1) is 17.8. The SMILES string of the molecule is CC1(C(=O)O)CCC(n2ncc(C(=O)N(CC(=O)c3c(Cl)cccc3Cl)C3CC4C(C3)C4(C)C)c2Cl)CC1. The van der Waals surface area contributed by atoms with Crippen LogP contribution in [0.5, 0.6) is 0 Å². The Morgan fingerprint density at radius 3 is 2.18 bits per heavy atom. The molecule has 0 spiro atoms. The van der Waals surface area contributed by atoms with Crippen LogP contribution < -0.4 is 0 Å². The van der Waals surface area contributed by atoms with E-state index in [9.17, 15) is 19.5 Å². The summed E-state index contributed by atoms with van der Waals surface area (Å²) in [6, 6.07) is 4.71. The summed E-state index contributed by atoms with van der Waals surface area (Å²) >= 11 is 19.3. The molecule has 3 saturated carbocycles. The Balaban J connectivity index is 1.39. The Morgan fingerprint density at radius 1 is 1.05 bits per heavy atom. The molecule has 2 aromatic rings. The second-order valence-electron chi connectivity index (χ2n) is 12.0. The standard InChI is InChI=1S/C28H32Cl3N3O4/c1-27(2)18-11-16(12-19(18)27)33(14-22(35)23-20(29)5-4-6-21(23)30)25(36)17-13-32-34(24(17)31)15-7-9-28(3,10-8-15)26(37)38/h4-6,13,15-16,18-19H,7-12,14H2,1-3H3,(H,37,38). The minimum absolute atomic E-state index is 0.0894. The predicted octanol–water partition coefficient (Wildman–Crippen LogP) is 6.81. The summed E-state index contributed by atoms with van der Waals surface area (Å²) in [4.78, 5) is 40.6. The van der Waals surface area contributed by atoms with E-state index in [2.05, 4.69) is 18.9 Å². The number of halogens is 3. The Morgan fingerprint density at radius 2 is 1.63 bits per heavy atom. The summed E-state index contributed by atoms with van der Waals surface area (Å²) < 4.78 is 1.64. The number of aliphatic carboxylic acids is 1. The van der Waals surface area contributed by atoms with Crippen LogP contribution >= 0.6 is 34.8 Å². The molecule has 0 bridgehead atoms. The number of carbonyl (C=O) groups is 3. The Labute approximate surface area is 237 Å². The van der Waals surface area contributed by atoms with Gasteiger partial charge in [0.15, 0.2) is 5.78 Å². The number of carboxylic acids is 1. The monoisotopic (exact) mass is 579 g/mol. The number of amides is 1. The van der Waals surface area contributed by atoms with E-state index in [1.165, 1.54) is 6.20 Å². The number of rotatable bonds is 7. The maximum absolute atomic E-state index is 14.0. The maximum Gasteiger partial charge on any atom is 0.309 e. The number of fused-ring (bicyclic) bond motifs is 1. The fourth-order valence-corrected chi connectivity index (χ4v) is 7.61. The summed E-state index contributed by atoms with van der Waals surface area (Å²) in [7, 11) is 0. The molecule has 5 rings (SSSR count). The molecule has 0 aliphatic heterocycles. The summed E-state index contributed by atoms with van der Waals surface area (Å²) in [5.74, 6) is -0.419. The van der Waals surface area contributed by atoms with Gasteiger partial charge in [-0.15, -0.1) is 0 Å². The van der Waals surface area contributed by atoms with Crippen molar-refractivity contribution >= 4 is 52.5 Å². The molecule has 0 radical (unpaired) electrons. The molecule has 3 aliphatic carbocycles. The van der Waals surface area contributed by atoms with Gasteiger partial charge in [0, 0.05) is 6.04 Å². The van der Waals surface area contributed by atoms with E-state index >= 15 is 0 Å². The minimum Gasteiger partial charge on any atom is -0.481 e. The molecule has 1 N–H and O–H groups in total. The molecule has 2 atom stereocenters. The number of ketones is 1. The number of Topliss-reactive ketones (excluding diaryl/α,β-unsaturated/α-hetero) is 1. The second-order valence-corrected chi connectivity index (χ2v) is 13.2. The summed E-state index contributed by atoms with van der Waals surface area (Å²) in [5.41, 5.74) is -0.0446. The van der Waals surface area contributed by atoms with Gasteiger partial charge in [0.2, 0.25) is 0 Å². The van der Waals surface area contributed by atoms with Crippen molar-refractivity contribution in [1.29, 1.82) is 0 Å². The largest absolute Gasteiger partial charge is 0.481 e. The number of hydrogen-bond acceptors (Lipinski definition) is 4. The molecule has 38 heavy (non-hydrogen) atoms. The lowest BCUT2D eigenvalue weighted by molar-refractivity contribution is -0.150. The van der Waals surface area contributed by atoms with E-state index in [4.69, 9.17) is 34.8 Å². The van der Waals surface area contributed by atoms with Crippen LogP contribution in [0, 0.1) is 22.7 Å². The Bertz CT molecular complexity index is 1260. The zero-order valence-electron chi connectivity index (χ0n) is 21.7. The minimum atomic E-state index is -0.796. The van der Waals surface area contributed by atoms with Gasteiger partial charge in [-0.3, -0.25) is 19.1 Å². The van der Waals surface area contributed by atoms with Crippen molar-refractivity contribution in [2.45, 2.75) is 71.4 Å². The third kappa shape index (κ3) is 4.65. The van der Waals surface area contributed by atoms with E-state index in [0.717, 1.165) is 12.8 Å². The molecule has 0 saturated heterocycles. The van der Waals surface area contributed by atoms with Crippen molar-refractivity contribution < 1.29 is 19.5 Å². The lowest BCUT2D eigenvalue weighted by Crippen LogP contribution is -2.43. The van der Waals surface area contributed by atoms with Gasteiger partial charge in [-0.2, -0.15) is 5.10 Å². The quantitative estimate of drug-likeness (QED) is 0.363. The molecule has 10 heteroatoms. The first-order valence-electron chi connectivity index (χ1n) is 13.1. The van der Waals surface area contributed by atoms with Crippen LogP contribution in [0.4, 0.5) is 0 Å². The molecule has 1 heterocycles. The highest BCUT2D eigenvalue weighted by Gasteiger charge is 2.63. The van der Waals surface area contributed by atoms with Crippen molar-refractivity contribution in [2.75, 3.05) is 6.54 Å². The van der Waals surface area contributed by atoms with E-state index in [-0.39, 0.29) is 62.1 Å². The van der Waals surface area contributed by atoms with Crippen molar-refractivity contribution in [3.05, 3.63) is 50.7 Å². The number of nitrogens with zero attached hydrogens (tertiary/aromatic N) is 3. The van der Waals surface area contributed by atoms with E-state index in [1.54, 1.807) is 34.7 Å². The molecule has 3 fully saturated rings. The van der Waals surface area contributed by atoms with Gasteiger partial charge in [-0.05, 0) is 74.8 Å². The van der Waals surface area contributed by atoms with Crippen molar-refractivity contribution in [3.8, 4) is 0 Å². The number of carboxylic acid groups (broad SMARTS) is 1. The topological polar surface area (TPSA) is 92.5 Å². The lowest BCUT2D eigenvalue weighted by Gasteiger charge is -2.34. The summed E-state index contributed by atoms with van der Waals surface area (Å²) in [6.45, 7) is 6.10. The highest BCUT2D eigenvalue weighted by Crippen LogP contribution is 2.67. The fourth-order valence-electron chi connectivity index (χ4n) is 6.69. The van der Waals surface area contributed by atoms with E-state index in [1.807, 2.05) is 0 Å². The highest BCUT2D eigenvalue weighted by molar-refractivity contribution is 6.40. The molecular formula is C28H32Cl3N3O4. The normalized spacial score (nSPS) is 29.5. The third-order valence-corrected chi connectivity index (χ3v) is 10.5. The third-order valence-electron chi connectivity index (χ3n) is 9.48. The summed E-state index contributed by atoms with van der Waals surface area (Å²) in [6.07, 6.45) is 5.34. The molecule has 1 aromatic carbocycles. The maximum atomic E-state index is 14.0. The van der Waals surface area contributed by atoms with Crippen LogP contribution in [-0.2, 0) is 4.79 Å². The predicted molar refractivity (Wildman–Crippen MR) is 146 cm³/mol. The average Bonchev–Trinajstić information content (AvgIpc) is 3.24. The Hall–Kier alpha value is -2.09. The van der Waals surface area contributed by atoms with E-state index in [0.29, 0.717) is 37.5 Å². The van der Waals surface area contributed by atoms with Crippen LogP contribution in [0.25, 0.3) is 0 Å². The fraction of sp³-hybridized carbons (Fsp3) is 0.571. The average molecular weight is 581 g/mol. The number of benzene rings is 1. The van der Waals surface area contributed by atoms with Gasteiger partial charge in [-0.1, -0.05) is 54.7 Å². The highest BCUT2D eigenvalue weighted by atomic mass is 35.5. The van der Waals surface area contributed by atoms with Crippen LogP contribution in [-0.4, -0.2) is 50.0 Å². The molecule has 3 aliphatic rings. The van der Waals surface area contributed by atoms with Gasteiger partial charge >= 0.3 is 5.97 Å². The molecule has 2 unspecified atom stereocenters. The van der Waals surface area contributed by atoms with Crippen LogP contribution in [0.1, 0.15) is 86.1 Å². The van der Waals surface area contributed by atoms with Gasteiger partial charge in [0.25, 0.3) is 5.91 Å². The number of aromatic nitrogens is 2. The zero-order valence-corrected chi connectivity index (χ0v) is 24.0. The number of carbonyl (C=O) groups excluding carboxylic acids is 2. The van der Waals surface area contributed by atoms with Crippen molar-refractivity contribution in [2.24, 2.45) is 22.7 Å². The molecular weight excluding hydrogens is 549 g/mol. The smallest absolute Gasteiger partial charge is 0.309 e. The van der Waals surface area contributed by atoms with Gasteiger partial charge in [-0.25, -0.2) is 0 Å². The lowest BCUT2D eigenvalue weighted by atomic mass is 9.74. The summed E-state index contributed by atoms with van der Waals surface area (Å²) in [5, 5.41) is 14.7. The van der Waals surface area contributed by atoms with Crippen LogP contribution in [0.2, 0.25) is 15.2 Å². The first-order valence-corrected chi connectivity index (χ1v) is 14.2. The van der Waals surface area contributed by atoms with Crippen LogP contribution in [0.15, 0.2) is 24.4 Å². The van der Waals surface area contributed by atoms with Crippen molar-refractivity contribution in [1.82, 2.24) is 14.7 Å². The zero-order chi connectivity index (χ0) is 27.6. The molecule has 204 valence electrons. The molecule has 1 aromatic heterocycles. The molecule has 7 nitrogen and oxygen atoms in total. The van der Waals surface area contributed by atoms with Crippen molar-refractivity contribution in [3.63, 3.8) is 0 Å². The number of hydrogen-bond donors (Lipinski definition) is 1. The second kappa shape index (κ2) is 9.83. The first kappa shape index (κ1) is 27.5. The van der Waals surface area contributed by atoms with E-state index < -0.39 is 11.4 Å². The molecule has 1 amide bonds. The van der Waals surface area contributed by atoms with Crippen LogP contribution in [0.3, 0.4) is 0 Å².